The Labute approximate surface area is 134 Å². The highest BCUT2D eigenvalue weighted by Crippen LogP contribution is 2.35. The molecule has 0 spiro atoms. The average molecular weight is 354 g/mol. The van der Waals surface area contributed by atoms with Crippen molar-refractivity contribution in [2.75, 3.05) is 6.61 Å². The summed E-state index contributed by atoms with van der Waals surface area (Å²) in [4.78, 5) is 0. The molecule has 2 aromatic rings. The average Bonchev–Trinajstić information content (AvgIpc) is 2.48. The van der Waals surface area contributed by atoms with Gasteiger partial charge in [-0.1, -0.05) is 37.3 Å². The highest BCUT2D eigenvalue weighted by atomic mass is 79.9. The van der Waals surface area contributed by atoms with Crippen LogP contribution < -0.4 is 4.74 Å². The summed E-state index contributed by atoms with van der Waals surface area (Å²) in [5.74, 6) is 0.851. The third-order valence-corrected chi connectivity index (χ3v) is 4.36. The Morgan fingerprint density at radius 3 is 2.55 bits per heavy atom. The zero-order valence-corrected chi connectivity index (χ0v) is 14.0. The molecule has 0 amide bonds. The first-order chi connectivity index (χ1) is 9.67. The molecule has 0 N–H and O–H groups in total. The van der Waals surface area contributed by atoms with Crippen LogP contribution in [0.25, 0.3) is 0 Å². The Morgan fingerprint density at radius 2 is 1.90 bits per heavy atom. The lowest BCUT2D eigenvalue weighted by Gasteiger charge is -2.16. The van der Waals surface area contributed by atoms with Crippen molar-refractivity contribution >= 4 is 27.5 Å². The first-order valence-electron chi connectivity index (χ1n) is 6.81. The fourth-order valence-corrected chi connectivity index (χ4v) is 3.09. The highest BCUT2D eigenvalue weighted by Gasteiger charge is 2.15. The number of hydrogen-bond acceptors (Lipinski definition) is 1. The van der Waals surface area contributed by atoms with Crippen molar-refractivity contribution in [2.45, 2.75) is 25.6 Å². The van der Waals surface area contributed by atoms with E-state index in [0.29, 0.717) is 6.61 Å². The predicted molar refractivity (Wildman–Crippen MR) is 88.8 cm³/mol. The van der Waals surface area contributed by atoms with Crippen LogP contribution in [0.1, 0.15) is 35.9 Å². The number of hydrogen-bond donors (Lipinski definition) is 0. The summed E-state index contributed by atoms with van der Waals surface area (Å²) in [6.45, 7) is 4.78. The van der Waals surface area contributed by atoms with Crippen LogP contribution in [-0.4, -0.2) is 6.61 Å². The van der Waals surface area contributed by atoms with Gasteiger partial charge in [-0.3, -0.25) is 0 Å². The molecule has 20 heavy (non-hydrogen) atoms. The molecule has 3 heteroatoms. The van der Waals surface area contributed by atoms with Crippen LogP contribution in [0.2, 0.25) is 0 Å². The number of rotatable bonds is 5. The number of ether oxygens (including phenoxy) is 1. The molecule has 0 aliphatic carbocycles. The minimum atomic E-state index is -0.141. The fraction of sp³-hybridized carbons (Fsp3) is 0.294. The van der Waals surface area contributed by atoms with Gasteiger partial charge in [0.1, 0.15) is 5.75 Å². The van der Waals surface area contributed by atoms with E-state index in [0.717, 1.165) is 22.2 Å². The summed E-state index contributed by atoms with van der Waals surface area (Å²) in [7, 11) is 0. The van der Waals surface area contributed by atoms with E-state index in [1.54, 1.807) is 0 Å². The van der Waals surface area contributed by atoms with Crippen LogP contribution in [0.4, 0.5) is 0 Å². The van der Waals surface area contributed by atoms with E-state index in [2.05, 4.69) is 41.1 Å². The second-order valence-electron chi connectivity index (χ2n) is 4.54. The minimum absolute atomic E-state index is 0.141. The summed E-state index contributed by atoms with van der Waals surface area (Å²) < 4.78 is 6.47. The lowest BCUT2D eigenvalue weighted by molar-refractivity contribution is 0.338. The van der Waals surface area contributed by atoms with Gasteiger partial charge in [0.05, 0.1) is 16.5 Å². The molecular weight excluding hydrogens is 336 g/mol. The maximum atomic E-state index is 6.66. The Bertz CT molecular complexity index is 583. The van der Waals surface area contributed by atoms with Gasteiger partial charge in [-0.15, -0.1) is 11.6 Å². The molecule has 0 saturated carbocycles. The van der Waals surface area contributed by atoms with Crippen LogP contribution in [0.3, 0.4) is 0 Å². The number of alkyl halides is 1. The monoisotopic (exact) mass is 352 g/mol. The first kappa shape index (κ1) is 15.4. The van der Waals surface area contributed by atoms with Crippen molar-refractivity contribution in [3.63, 3.8) is 0 Å². The van der Waals surface area contributed by atoms with Crippen LogP contribution >= 0.6 is 27.5 Å². The van der Waals surface area contributed by atoms with Gasteiger partial charge < -0.3 is 4.74 Å². The lowest BCUT2D eigenvalue weighted by Crippen LogP contribution is -1.99. The van der Waals surface area contributed by atoms with Gasteiger partial charge >= 0.3 is 0 Å². The molecule has 1 unspecified atom stereocenters. The van der Waals surface area contributed by atoms with Crippen molar-refractivity contribution in [3.8, 4) is 5.75 Å². The molecule has 0 aromatic heterocycles. The lowest BCUT2D eigenvalue weighted by atomic mass is 9.98. The summed E-state index contributed by atoms with van der Waals surface area (Å²) in [5, 5.41) is -0.141. The molecule has 0 aliphatic heterocycles. The van der Waals surface area contributed by atoms with E-state index >= 15 is 0 Å². The first-order valence-corrected chi connectivity index (χ1v) is 8.04. The molecule has 1 atom stereocenters. The quantitative estimate of drug-likeness (QED) is 0.623. The van der Waals surface area contributed by atoms with Crippen molar-refractivity contribution in [1.29, 1.82) is 0 Å². The fourth-order valence-electron chi connectivity index (χ4n) is 2.23. The number of benzene rings is 2. The van der Waals surface area contributed by atoms with E-state index in [-0.39, 0.29) is 5.38 Å². The van der Waals surface area contributed by atoms with Crippen LogP contribution in [0, 0.1) is 0 Å². The molecule has 0 heterocycles. The molecule has 0 saturated heterocycles. The van der Waals surface area contributed by atoms with Crippen molar-refractivity contribution in [3.05, 3.63) is 63.6 Å². The van der Waals surface area contributed by atoms with E-state index in [4.69, 9.17) is 16.3 Å². The SMILES string of the molecule is CCOc1ccc(C(Cl)c2ccccc2CC)cc1Br. The Hall–Kier alpha value is -0.990. The molecule has 0 aliphatic rings. The molecule has 1 nitrogen and oxygen atoms in total. The maximum absolute atomic E-state index is 6.66. The van der Waals surface area contributed by atoms with Crippen LogP contribution in [0.5, 0.6) is 5.75 Å². The second-order valence-corrected chi connectivity index (χ2v) is 5.83. The van der Waals surface area contributed by atoms with Crippen LogP contribution in [-0.2, 0) is 6.42 Å². The molecular formula is C17H18BrClO. The zero-order chi connectivity index (χ0) is 14.5. The van der Waals surface area contributed by atoms with Gasteiger partial charge in [0, 0.05) is 0 Å². The Morgan fingerprint density at radius 1 is 1.15 bits per heavy atom. The molecule has 106 valence electrons. The smallest absolute Gasteiger partial charge is 0.133 e. The highest BCUT2D eigenvalue weighted by molar-refractivity contribution is 9.10. The van der Waals surface area contributed by atoms with E-state index < -0.39 is 0 Å². The van der Waals surface area contributed by atoms with E-state index in [1.807, 2.05) is 31.2 Å². The normalized spacial score (nSPS) is 12.2. The van der Waals surface area contributed by atoms with Crippen molar-refractivity contribution < 1.29 is 4.74 Å². The Balaban J connectivity index is 2.33. The van der Waals surface area contributed by atoms with E-state index in [9.17, 15) is 0 Å². The minimum Gasteiger partial charge on any atom is -0.493 e. The largest absolute Gasteiger partial charge is 0.493 e. The second kappa shape index (κ2) is 7.14. The molecule has 0 fully saturated rings. The number of halogens is 2. The topological polar surface area (TPSA) is 9.23 Å². The van der Waals surface area contributed by atoms with Gasteiger partial charge in [-0.2, -0.15) is 0 Å². The summed E-state index contributed by atoms with van der Waals surface area (Å²) in [6, 6.07) is 14.4. The standard InChI is InChI=1S/C17H18BrClO/c1-3-12-7-5-6-8-14(12)17(19)13-9-10-16(20-4-2)15(18)11-13/h5-11,17H,3-4H2,1-2H3. The van der Waals surface area contributed by atoms with Gasteiger partial charge in [0.15, 0.2) is 0 Å². The Kier molecular flexibility index (Phi) is 5.50. The summed E-state index contributed by atoms with van der Waals surface area (Å²) >= 11 is 10.2. The number of aryl methyl sites for hydroxylation is 1. The predicted octanol–water partition coefficient (Wildman–Crippen LogP) is 5.74. The van der Waals surface area contributed by atoms with Crippen LogP contribution in [0.15, 0.2) is 46.9 Å². The van der Waals surface area contributed by atoms with Crippen molar-refractivity contribution in [1.82, 2.24) is 0 Å². The van der Waals surface area contributed by atoms with E-state index in [1.165, 1.54) is 11.1 Å². The molecule has 2 aromatic carbocycles. The van der Waals surface area contributed by atoms with Gasteiger partial charge in [-0.25, -0.2) is 0 Å². The third-order valence-electron chi connectivity index (χ3n) is 3.26. The van der Waals surface area contributed by atoms with Crippen molar-refractivity contribution in [2.24, 2.45) is 0 Å². The van der Waals surface area contributed by atoms with Gasteiger partial charge in [0.25, 0.3) is 0 Å². The summed E-state index contributed by atoms with van der Waals surface area (Å²) in [6.07, 6.45) is 0.984. The molecule has 2 rings (SSSR count). The van der Waals surface area contributed by atoms with Gasteiger partial charge in [-0.05, 0) is 58.1 Å². The van der Waals surface area contributed by atoms with Gasteiger partial charge in [0.2, 0.25) is 0 Å². The third kappa shape index (κ3) is 3.36. The molecule has 0 radical (unpaired) electrons. The summed E-state index contributed by atoms with van der Waals surface area (Å²) in [5.41, 5.74) is 3.54. The molecule has 0 bridgehead atoms. The maximum Gasteiger partial charge on any atom is 0.133 e. The zero-order valence-electron chi connectivity index (χ0n) is 11.7.